The van der Waals surface area contributed by atoms with Crippen LogP contribution in [0.4, 0.5) is 0 Å². The molecule has 90 valence electrons. The van der Waals surface area contributed by atoms with E-state index in [9.17, 15) is 0 Å². The lowest BCUT2D eigenvalue weighted by molar-refractivity contribution is 0.886. The summed E-state index contributed by atoms with van der Waals surface area (Å²) in [5.74, 6) is 0. The average molecular weight is 210 g/mol. The van der Waals surface area contributed by atoms with E-state index in [1.54, 1.807) is 11.1 Å². The molecule has 0 saturated carbocycles. The molecule has 0 aromatic carbocycles. The van der Waals surface area contributed by atoms with Gasteiger partial charge in [0.25, 0.3) is 0 Å². The van der Waals surface area contributed by atoms with Crippen LogP contribution in [0.3, 0.4) is 0 Å². The van der Waals surface area contributed by atoms with Crippen LogP contribution in [0.15, 0.2) is 23.3 Å². The molecule has 0 radical (unpaired) electrons. The molecular weight excluding hydrogens is 180 g/mol. The fourth-order valence-electron chi connectivity index (χ4n) is 1.34. The Bertz CT molecular complexity index is 170. The third kappa shape index (κ3) is 9.78. The minimum absolute atomic E-state index is 1.30. The van der Waals surface area contributed by atoms with Crippen molar-refractivity contribution in [3.05, 3.63) is 23.3 Å². The zero-order valence-corrected chi connectivity index (χ0v) is 11.7. The number of hydrogen-bond acceptors (Lipinski definition) is 0. The Kier molecular flexibility index (Phi) is 15.2. The summed E-state index contributed by atoms with van der Waals surface area (Å²) in [6, 6.07) is 0. The van der Waals surface area contributed by atoms with Crippen molar-refractivity contribution in [1.29, 1.82) is 0 Å². The van der Waals surface area contributed by atoms with E-state index in [0.717, 1.165) is 0 Å². The molecule has 0 fully saturated rings. The summed E-state index contributed by atoms with van der Waals surface area (Å²) in [6.07, 6.45) is 11.0. The highest BCUT2D eigenvalue weighted by Gasteiger charge is 2.06. The van der Waals surface area contributed by atoms with Crippen LogP contribution in [0.1, 0.15) is 73.6 Å². The van der Waals surface area contributed by atoms with Crippen molar-refractivity contribution >= 4 is 0 Å². The second-order valence-corrected chi connectivity index (χ2v) is 3.66. The molecule has 0 heteroatoms. The first-order chi connectivity index (χ1) is 7.26. The predicted octanol–water partition coefficient (Wildman–Crippen LogP) is 5.90. The molecule has 15 heavy (non-hydrogen) atoms. The summed E-state index contributed by atoms with van der Waals surface area (Å²) in [5, 5.41) is 0. The number of allylic oxidation sites excluding steroid dienone is 4. The van der Waals surface area contributed by atoms with E-state index < -0.39 is 0 Å². The van der Waals surface area contributed by atoms with Crippen LogP contribution in [0.5, 0.6) is 0 Å². The molecule has 1 aliphatic carbocycles. The molecular formula is C15H30. The van der Waals surface area contributed by atoms with Gasteiger partial charge in [0, 0.05) is 0 Å². The third-order valence-corrected chi connectivity index (χ3v) is 2.41. The standard InChI is InChI=1S/C9H14.C4H10.C2H6/c1-3-5-9-7-4-6-8(9)2;1-3-4-2;1-2/h3,5H,4,6-7H2,1-2H3;3-4H2,1-2H3;1-2H3/b5-3-;;. The quantitative estimate of drug-likeness (QED) is 0.532. The van der Waals surface area contributed by atoms with Crippen LogP contribution in [0, 0.1) is 0 Å². The number of rotatable bonds is 2. The van der Waals surface area contributed by atoms with Crippen LogP contribution < -0.4 is 0 Å². The fourth-order valence-corrected chi connectivity index (χ4v) is 1.34. The van der Waals surface area contributed by atoms with E-state index in [0.29, 0.717) is 0 Å². The summed E-state index contributed by atoms with van der Waals surface area (Å²) in [4.78, 5) is 0. The van der Waals surface area contributed by atoms with Crippen LogP contribution in [-0.4, -0.2) is 0 Å². The van der Waals surface area contributed by atoms with Crippen molar-refractivity contribution in [3.63, 3.8) is 0 Å². The van der Waals surface area contributed by atoms with Crippen LogP contribution in [-0.2, 0) is 0 Å². The largest absolute Gasteiger partial charge is 0.0874 e. The van der Waals surface area contributed by atoms with Gasteiger partial charge in [-0.1, -0.05) is 58.3 Å². The molecule has 0 nitrogen and oxygen atoms in total. The van der Waals surface area contributed by atoms with Gasteiger partial charge in [-0.15, -0.1) is 0 Å². The second-order valence-electron chi connectivity index (χ2n) is 3.66. The smallest absolute Gasteiger partial charge is 0.0276 e. The first-order valence-electron chi connectivity index (χ1n) is 6.57. The molecule has 0 aromatic rings. The Hall–Kier alpha value is -0.520. The normalized spacial score (nSPS) is 14.5. The first kappa shape index (κ1) is 16.9. The van der Waals surface area contributed by atoms with Gasteiger partial charge in [0.15, 0.2) is 0 Å². The molecule has 0 unspecified atom stereocenters. The van der Waals surface area contributed by atoms with Crippen molar-refractivity contribution in [1.82, 2.24) is 0 Å². The number of unbranched alkanes of at least 4 members (excludes halogenated alkanes) is 1. The molecule has 0 amide bonds. The summed E-state index contributed by atoms with van der Waals surface area (Å²) in [7, 11) is 0. The lowest BCUT2D eigenvalue weighted by atomic mass is 10.2. The van der Waals surface area contributed by atoms with Gasteiger partial charge in [0.05, 0.1) is 0 Å². The molecule has 0 spiro atoms. The first-order valence-corrected chi connectivity index (χ1v) is 6.57. The van der Waals surface area contributed by atoms with Crippen LogP contribution in [0.25, 0.3) is 0 Å². The maximum absolute atomic E-state index is 2.24. The molecule has 1 aliphatic rings. The van der Waals surface area contributed by atoms with Crippen LogP contribution >= 0.6 is 0 Å². The lowest BCUT2D eigenvalue weighted by Crippen LogP contribution is -1.71. The summed E-state index contributed by atoms with van der Waals surface area (Å²) in [5.41, 5.74) is 3.16. The van der Waals surface area contributed by atoms with Gasteiger partial charge < -0.3 is 0 Å². The van der Waals surface area contributed by atoms with E-state index in [2.05, 4.69) is 39.8 Å². The molecule has 0 bridgehead atoms. The van der Waals surface area contributed by atoms with Gasteiger partial charge >= 0.3 is 0 Å². The van der Waals surface area contributed by atoms with E-state index in [1.165, 1.54) is 32.1 Å². The molecule has 0 aromatic heterocycles. The zero-order chi connectivity index (χ0) is 12.1. The molecule has 0 atom stereocenters. The molecule has 0 heterocycles. The van der Waals surface area contributed by atoms with Crippen molar-refractivity contribution in [2.45, 2.75) is 73.6 Å². The summed E-state index contributed by atoms with van der Waals surface area (Å²) in [6.45, 7) is 12.7. The van der Waals surface area contributed by atoms with E-state index in [-0.39, 0.29) is 0 Å². The SMILES string of the molecule is C/C=C\C1=C(C)CCC1.CC.CCCC. The minimum Gasteiger partial charge on any atom is -0.0874 e. The van der Waals surface area contributed by atoms with Gasteiger partial charge in [-0.3, -0.25) is 0 Å². The van der Waals surface area contributed by atoms with E-state index in [4.69, 9.17) is 0 Å². The highest BCUT2D eigenvalue weighted by atomic mass is 14.1. The zero-order valence-electron chi connectivity index (χ0n) is 11.7. The highest BCUT2D eigenvalue weighted by molar-refractivity contribution is 5.27. The Balaban J connectivity index is 0. The Morgan fingerprint density at radius 3 is 1.87 bits per heavy atom. The third-order valence-electron chi connectivity index (χ3n) is 2.41. The molecule has 0 saturated heterocycles. The molecule has 0 aliphatic heterocycles. The summed E-state index contributed by atoms with van der Waals surface area (Å²) >= 11 is 0. The van der Waals surface area contributed by atoms with Gasteiger partial charge in [0.2, 0.25) is 0 Å². The van der Waals surface area contributed by atoms with Gasteiger partial charge in [-0.25, -0.2) is 0 Å². The van der Waals surface area contributed by atoms with Crippen molar-refractivity contribution in [3.8, 4) is 0 Å². The van der Waals surface area contributed by atoms with Gasteiger partial charge in [-0.05, 0) is 38.7 Å². The van der Waals surface area contributed by atoms with Gasteiger partial charge in [0.1, 0.15) is 0 Å². The lowest BCUT2D eigenvalue weighted by Gasteiger charge is -1.91. The maximum Gasteiger partial charge on any atom is -0.0276 e. The van der Waals surface area contributed by atoms with Crippen molar-refractivity contribution in [2.75, 3.05) is 0 Å². The Morgan fingerprint density at radius 2 is 1.60 bits per heavy atom. The second kappa shape index (κ2) is 13.5. The van der Waals surface area contributed by atoms with Crippen molar-refractivity contribution in [2.24, 2.45) is 0 Å². The predicted molar refractivity (Wildman–Crippen MR) is 73.3 cm³/mol. The van der Waals surface area contributed by atoms with Crippen molar-refractivity contribution < 1.29 is 0 Å². The van der Waals surface area contributed by atoms with Crippen LogP contribution in [0.2, 0.25) is 0 Å². The average Bonchev–Trinajstić information content (AvgIpc) is 2.68. The number of hydrogen-bond donors (Lipinski definition) is 0. The van der Waals surface area contributed by atoms with E-state index >= 15 is 0 Å². The monoisotopic (exact) mass is 210 g/mol. The Labute approximate surface area is 97.5 Å². The van der Waals surface area contributed by atoms with E-state index in [1.807, 2.05) is 13.8 Å². The molecule has 0 N–H and O–H groups in total. The minimum atomic E-state index is 1.30. The van der Waals surface area contributed by atoms with Gasteiger partial charge in [-0.2, -0.15) is 0 Å². The molecule has 1 rings (SSSR count). The topological polar surface area (TPSA) is 0 Å². The Morgan fingerprint density at radius 1 is 1.07 bits per heavy atom. The fraction of sp³-hybridized carbons (Fsp3) is 0.733. The highest BCUT2D eigenvalue weighted by Crippen LogP contribution is 2.25. The summed E-state index contributed by atoms with van der Waals surface area (Å²) < 4.78 is 0. The maximum atomic E-state index is 2.24.